The summed E-state index contributed by atoms with van der Waals surface area (Å²) in [7, 11) is 1.87. The van der Waals surface area contributed by atoms with Crippen LogP contribution in [-0.2, 0) is 0 Å². The number of carbonyl (C=O) groups is 1. The Balaban J connectivity index is 1.59. The molecule has 1 aliphatic carbocycles. The van der Waals surface area contributed by atoms with Crippen molar-refractivity contribution in [3.05, 3.63) is 42.5 Å². The summed E-state index contributed by atoms with van der Waals surface area (Å²) in [5, 5.41) is 7.37. The van der Waals surface area contributed by atoms with E-state index in [0.717, 1.165) is 24.1 Å². The Labute approximate surface area is 155 Å². The predicted octanol–water partition coefficient (Wildman–Crippen LogP) is 4.08. The summed E-state index contributed by atoms with van der Waals surface area (Å²) >= 11 is 0. The fraction of sp³-hybridized carbons (Fsp3) is 0.550. The molecule has 2 aromatic rings. The van der Waals surface area contributed by atoms with Gasteiger partial charge in [-0.3, -0.25) is 0 Å². The molecule has 1 aromatic heterocycles. The summed E-state index contributed by atoms with van der Waals surface area (Å²) in [6, 6.07) is 8.42. The molecule has 1 aromatic carbocycles. The highest BCUT2D eigenvalue weighted by atomic mass is 16.2. The largest absolute Gasteiger partial charge is 0.335 e. The zero-order valence-electron chi connectivity index (χ0n) is 15.8. The molecule has 1 fully saturated rings. The zero-order valence-corrected chi connectivity index (χ0v) is 15.8. The monoisotopic (exact) mass is 355 g/mol. The molecule has 1 heterocycles. The molecular formula is C20H29N5O. The third kappa shape index (κ3) is 4.62. The highest BCUT2D eigenvalue weighted by Crippen LogP contribution is 2.22. The molecule has 1 aliphatic rings. The van der Waals surface area contributed by atoms with Crippen molar-refractivity contribution in [1.82, 2.24) is 25.0 Å². The van der Waals surface area contributed by atoms with Crippen LogP contribution in [-0.4, -0.2) is 38.8 Å². The Morgan fingerprint density at radius 2 is 1.81 bits per heavy atom. The maximum atomic E-state index is 12.7. The van der Waals surface area contributed by atoms with Gasteiger partial charge in [-0.2, -0.15) is 5.10 Å². The SMILES string of the molecule is C[C@@H](c1ccc(-n2cncn2)cc1)N(C)C(=O)NC1CCCCCCC1. The van der Waals surface area contributed by atoms with E-state index in [4.69, 9.17) is 0 Å². The van der Waals surface area contributed by atoms with Gasteiger partial charge in [-0.1, -0.05) is 44.2 Å². The van der Waals surface area contributed by atoms with E-state index in [1.54, 1.807) is 15.9 Å². The molecule has 1 atom stereocenters. The number of hydrogen-bond acceptors (Lipinski definition) is 3. The molecule has 26 heavy (non-hydrogen) atoms. The summed E-state index contributed by atoms with van der Waals surface area (Å²) in [4.78, 5) is 18.4. The maximum Gasteiger partial charge on any atom is 0.317 e. The van der Waals surface area contributed by atoms with Gasteiger partial charge in [0, 0.05) is 13.1 Å². The van der Waals surface area contributed by atoms with Crippen LogP contribution in [0, 0.1) is 0 Å². The number of urea groups is 1. The van der Waals surface area contributed by atoms with Crippen LogP contribution < -0.4 is 5.32 Å². The van der Waals surface area contributed by atoms with Gasteiger partial charge in [0.15, 0.2) is 0 Å². The quantitative estimate of drug-likeness (QED) is 0.899. The Morgan fingerprint density at radius 1 is 1.15 bits per heavy atom. The molecule has 140 valence electrons. The van der Waals surface area contributed by atoms with Crippen LogP contribution in [0.5, 0.6) is 0 Å². The minimum atomic E-state index is 0.00773. The summed E-state index contributed by atoms with van der Waals surface area (Å²) in [6.45, 7) is 2.06. The standard InChI is InChI=1S/C20H29N5O/c1-16(17-10-12-19(13-11-17)25-15-21-14-22-25)24(2)20(26)23-18-8-6-4-3-5-7-9-18/h10-16,18H,3-9H2,1-2H3,(H,23,26)/t16-/m0/s1. The first-order valence-electron chi connectivity index (χ1n) is 9.63. The lowest BCUT2D eigenvalue weighted by Gasteiger charge is -2.29. The molecule has 0 unspecified atom stereocenters. The van der Waals surface area contributed by atoms with Gasteiger partial charge in [-0.25, -0.2) is 14.5 Å². The molecule has 0 aliphatic heterocycles. The van der Waals surface area contributed by atoms with Crippen LogP contribution in [0.1, 0.15) is 63.5 Å². The van der Waals surface area contributed by atoms with Gasteiger partial charge in [0.2, 0.25) is 0 Å². The molecule has 1 N–H and O–H groups in total. The first-order chi connectivity index (χ1) is 12.6. The number of nitrogens with one attached hydrogen (secondary N) is 1. The third-order valence-electron chi connectivity index (χ3n) is 5.39. The number of amides is 2. The fourth-order valence-electron chi connectivity index (χ4n) is 3.52. The second kappa shape index (κ2) is 8.83. The number of rotatable bonds is 4. The Hall–Kier alpha value is -2.37. The van der Waals surface area contributed by atoms with E-state index in [2.05, 4.69) is 22.3 Å². The molecule has 6 heteroatoms. The highest BCUT2D eigenvalue weighted by Gasteiger charge is 2.21. The molecule has 0 radical (unpaired) electrons. The minimum absolute atomic E-state index is 0.00773. The van der Waals surface area contributed by atoms with Gasteiger partial charge in [0.25, 0.3) is 0 Å². The molecule has 6 nitrogen and oxygen atoms in total. The normalized spacial score (nSPS) is 17.2. The van der Waals surface area contributed by atoms with Crippen LogP contribution >= 0.6 is 0 Å². The van der Waals surface area contributed by atoms with Gasteiger partial charge in [-0.15, -0.1) is 0 Å². The van der Waals surface area contributed by atoms with Gasteiger partial charge in [-0.05, 0) is 37.5 Å². The second-order valence-electron chi connectivity index (χ2n) is 7.21. The van der Waals surface area contributed by atoms with E-state index in [1.165, 1.54) is 38.4 Å². The van der Waals surface area contributed by atoms with Gasteiger partial charge < -0.3 is 10.2 Å². The Kier molecular flexibility index (Phi) is 6.26. The van der Waals surface area contributed by atoms with E-state index >= 15 is 0 Å². The average Bonchev–Trinajstić information content (AvgIpc) is 3.17. The van der Waals surface area contributed by atoms with Crippen molar-refractivity contribution in [2.75, 3.05) is 7.05 Å². The van der Waals surface area contributed by atoms with Crippen molar-refractivity contribution in [2.24, 2.45) is 0 Å². The second-order valence-corrected chi connectivity index (χ2v) is 7.21. The average molecular weight is 355 g/mol. The Morgan fingerprint density at radius 3 is 2.42 bits per heavy atom. The molecule has 0 spiro atoms. The number of nitrogens with zero attached hydrogens (tertiary/aromatic N) is 4. The first kappa shape index (κ1) is 18.4. The summed E-state index contributed by atoms with van der Waals surface area (Å²) in [5.74, 6) is 0. The molecule has 0 saturated heterocycles. The fourth-order valence-corrected chi connectivity index (χ4v) is 3.52. The van der Waals surface area contributed by atoms with Crippen molar-refractivity contribution < 1.29 is 4.79 Å². The lowest BCUT2D eigenvalue weighted by atomic mass is 9.97. The van der Waals surface area contributed by atoms with Crippen LogP contribution in [0.25, 0.3) is 5.69 Å². The summed E-state index contributed by atoms with van der Waals surface area (Å²) in [5.41, 5.74) is 2.06. The highest BCUT2D eigenvalue weighted by molar-refractivity contribution is 5.74. The molecule has 1 saturated carbocycles. The van der Waals surface area contributed by atoms with E-state index in [-0.39, 0.29) is 12.1 Å². The lowest BCUT2D eigenvalue weighted by Crippen LogP contribution is -2.44. The van der Waals surface area contributed by atoms with Crippen molar-refractivity contribution >= 4 is 6.03 Å². The molecule has 2 amide bonds. The van der Waals surface area contributed by atoms with E-state index in [9.17, 15) is 4.79 Å². The van der Waals surface area contributed by atoms with Gasteiger partial charge >= 0.3 is 6.03 Å². The molecular weight excluding hydrogens is 326 g/mol. The van der Waals surface area contributed by atoms with Gasteiger partial charge in [0.05, 0.1) is 11.7 Å². The van der Waals surface area contributed by atoms with Crippen LogP contribution in [0.2, 0.25) is 0 Å². The number of hydrogen-bond donors (Lipinski definition) is 1. The summed E-state index contributed by atoms with van der Waals surface area (Å²) < 4.78 is 1.72. The zero-order chi connectivity index (χ0) is 18.4. The van der Waals surface area contributed by atoms with E-state index < -0.39 is 0 Å². The van der Waals surface area contributed by atoms with E-state index in [1.807, 2.05) is 31.3 Å². The van der Waals surface area contributed by atoms with Crippen molar-refractivity contribution in [3.8, 4) is 5.69 Å². The predicted molar refractivity (Wildman–Crippen MR) is 102 cm³/mol. The first-order valence-corrected chi connectivity index (χ1v) is 9.63. The summed E-state index contributed by atoms with van der Waals surface area (Å²) in [6.07, 6.45) is 11.7. The Bertz CT molecular complexity index is 675. The van der Waals surface area contributed by atoms with Crippen molar-refractivity contribution in [3.63, 3.8) is 0 Å². The smallest absolute Gasteiger partial charge is 0.317 e. The van der Waals surface area contributed by atoms with Crippen LogP contribution in [0.3, 0.4) is 0 Å². The number of carbonyl (C=O) groups excluding carboxylic acids is 1. The minimum Gasteiger partial charge on any atom is -0.335 e. The maximum absolute atomic E-state index is 12.7. The topological polar surface area (TPSA) is 63.1 Å². The molecule has 0 bridgehead atoms. The number of benzene rings is 1. The third-order valence-corrected chi connectivity index (χ3v) is 5.39. The van der Waals surface area contributed by atoms with Crippen molar-refractivity contribution in [1.29, 1.82) is 0 Å². The van der Waals surface area contributed by atoms with Crippen molar-refractivity contribution in [2.45, 2.75) is 64.0 Å². The van der Waals surface area contributed by atoms with Crippen LogP contribution in [0.15, 0.2) is 36.9 Å². The van der Waals surface area contributed by atoms with Gasteiger partial charge in [0.1, 0.15) is 12.7 Å². The lowest BCUT2D eigenvalue weighted by molar-refractivity contribution is 0.187. The van der Waals surface area contributed by atoms with E-state index in [0.29, 0.717) is 6.04 Å². The number of aromatic nitrogens is 3. The van der Waals surface area contributed by atoms with Crippen LogP contribution in [0.4, 0.5) is 4.79 Å². The molecule has 3 rings (SSSR count).